The van der Waals surface area contributed by atoms with Crippen LogP contribution in [-0.4, -0.2) is 25.3 Å². The largest absolute Gasteiger partial charge is 0.328 e. The van der Waals surface area contributed by atoms with E-state index in [1.807, 2.05) is 0 Å². The minimum atomic E-state index is -0.742. The van der Waals surface area contributed by atoms with Crippen molar-refractivity contribution in [3.63, 3.8) is 0 Å². The summed E-state index contributed by atoms with van der Waals surface area (Å²) in [4.78, 5) is 0. The number of nitrogens with one attached hydrogen (secondary N) is 1. The molecule has 1 fully saturated rings. The van der Waals surface area contributed by atoms with Gasteiger partial charge in [0.05, 0.1) is 0 Å². The van der Waals surface area contributed by atoms with E-state index in [9.17, 15) is 4.39 Å². The first kappa shape index (κ1) is 7.95. The molecule has 0 amide bonds. The Morgan fingerprint density at radius 2 is 2.20 bits per heavy atom. The van der Waals surface area contributed by atoms with Crippen molar-refractivity contribution in [3.8, 4) is 0 Å². The smallest absolute Gasteiger partial charge is 0.117 e. The number of halogens is 1. The van der Waals surface area contributed by atoms with Gasteiger partial charge in [-0.3, -0.25) is 0 Å². The van der Waals surface area contributed by atoms with Crippen molar-refractivity contribution < 1.29 is 4.39 Å². The maximum absolute atomic E-state index is 13.0. The Hall–Kier alpha value is -0.150. The van der Waals surface area contributed by atoms with Crippen LogP contribution in [0.2, 0.25) is 0 Å². The zero-order valence-corrected chi connectivity index (χ0v) is 6.31. The maximum Gasteiger partial charge on any atom is 0.117 e. The molecule has 3 heteroatoms. The van der Waals surface area contributed by atoms with Crippen LogP contribution in [0.1, 0.15) is 19.3 Å². The van der Waals surface area contributed by atoms with Gasteiger partial charge in [0.25, 0.3) is 0 Å². The number of nitrogens with two attached hydrogens (primary N) is 1. The second-order valence-corrected chi connectivity index (χ2v) is 2.98. The normalized spacial score (nSPS) is 41.7. The zero-order valence-electron chi connectivity index (χ0n) is 6.31. The standard InChI is InChI=1S/C7H15FN2/c1-10-7-3-2-5(9)4-6(7)8/h5-7,10H,2-4,9H2,1H3. The summed E-state index contributed by atoms with van der Waals surface area (Å²) >= 11 is 0. The fourth-order valence-electron chi connectivity index (χ4n) is 1.47. The van der Waals surface area contributed by atoms with Gasteiger partial charge in [0.2, 0.25) is 0 Å². The highest BCUT2D eigenvalue weighted by atomic mass is 19.1. The molecule has 0 aromatic heterocycles. The first-order chi connectivity index (χ1) is 4.74. The summed E-state index contributed by atoms with van der Waals surface area (Å²) in [6, 6.07) is 0.124. The van der Waals surface area contributed by atoms with Crippen LogP contribution >= 0.6 is 0 Å². The summed E-state index contributed by atoms with van der Waals surface area (Å²) in [5, 5.41) is 2.94. The molecule has 0 bridgehead atoms. The topological polar surface area (TPSA) is 38.0 Å². The molecule has 3 N–H and O–H groups in total. The molecule has 1 aliphatic carbocycles. The Kier molecular flexibility index (Phi) is 2.63. The van der Waals surface area contributed by atoms with Crippen molar-refractivity contribution in [2.75, 3.05) is 7.05 Å². The molecule has 0 aromatic rings. The average Bonchev–Trinajstić information content (AvgIpc) is 1.88. The van der Waals surface area contributed by atoms with Crippen LogP contribution in [0.5, 0.6) is 0 Å². The molecular weight excluding hydrogens is 131 g/mol. The maximum atomic E-state index is 13.0. The van der Waals surface area contributed by atoms with Gasteiger partial charge in [-0.1, -0.05) is 0 Å². The van der Waals surface area contributed by atoms with E-state index in [1.165, 1.54) is 0 Å². The van der Waals surface area contributed by atoms with Crippen LogP contribution < -0.4 is 11.1 Å². The van der Waals surface area contributed by atoms with Crippen LogP contribution in [0.3, 0.4) is 0 Å². The molecule has 0 saturated heterocycles. The van der Waals surface area contributed by atoms with E-state index in [4.69, 9.17) is 5.73 Å². The van der Waals surface area contributed by atoms with Crippen LogP contribution in [0.15, 0.2) is 0 Å². The van der Waals surface area contributed by atoms with Gasteiger partial charge in [0.1, 0.15) is 6.17 Å². The lowest BCUT2D eigenvalue weighted by molar-refractivity contribution is 0.181. The van der Waals surface area contributed by atoms with Gasteiger partial charge in [-0.05, 0) is 26.3 Å². The van der Waals surface area contributed by atoms with Crippen molar-refractivity contribution in [2.24, 2.45) is 5.73 Å². The molecule has 0 spiro atoms. The summed E-state index contributed by atoms with van der Waals surface area (Å²) < 4.78 is 13.0. The van der Waals surface area contributed by atoms with Crippen LogP contribution in [0.25, 0.3) is 0 Å². The Morgan fingerprint density at radius 1 is 1.50 bits per heavy atom. The van der Waals surface area contributed by atoms with E-state index in [0.29, 0.717) is 6.42 Å². The lowest BCUT2D eigenvalue weighted by Gasteiger charge is -2.29. The van der Waals surface area contributed by atoms with Gasteiger partial charge < -0.3 is 11.1 Å². The summed E-state index contributed by atoms with van der Waals surface area (Å²) in [6.07, 6.45) is 1.60. The first-order valence-corrected chi connectivity index (χ1v) is 3.81. The predicted molar refractivity (Wildman–Crippen MR) is 39.6 cm³/mol. The molecule has 1 saturated carbocycles. The molecule has 1 rings (SSSR count). The summed E-state index contributed by atoms with van der Waals surface area (Å²) in [5.74, 6) is 0. The molecule has 0 heterocycles. The molecule has 60 valence electrons. The van der Waals surface area contributed by atoms with Crippen molar-refractivity contribution in [2.45, 2.75) is 37.5 Å². The summed E-state index contributed by atoms with van der Waals surface area (Å²) in [7, 11) is 1.80. The minimum Gasteiger partial charge on any atom is -0.328 e. The van der Waals surface area contributed by atoms with E-state index in [1.54, 1.807) is 7.05 Å². The minimum absolute atomic E-state index is 0.0415. The molecule has 1 aliphatic rings. The highest BCUT2D eigenvalue weighted by molar-refractivity contribution is 4.85. The van der Waals surface area contributed by atoms with Gasteiger partial charge >= 0.3 is 0 Å². The molecular formula is C7H15FN2. The fraction of sp³-hybridized carbons (Fsp3) is 1.00. The molecule has 0 aromatic carbocycles. The third kappa shape index (κ3) is 1.67. The highest BCUT2D eigenvalue weighted by Gasteiger charge is 2.26. The van der Waals surface area contributed by atoms with Crippen molar-refractivity contribution in [3.05, 3.63) is 0 Å². The molecule has 0 radical (unpaired) electrons. The highest BCUT2D eigenvalue weighted by Crippen LogP contribution is 2.19. The third-order valence-corrected chi connectivity index (χ3v) is 2.18. The monoisotopic (exact) mass is 146 g/mol. The zero-order chi connectivity index (χ0) is 7.56. The summed E-state index contributed by atoms with van der Waals surface area (Å²) in [6.45, 7) is 0. The number of hydrogen-bond donors (Lipinski definition) is 2. The van der Waals surface area contributed by atoms with Gasteiger partial charge in [-0.25, -0.2) is 4.39 Å². The molecule has 2 nitrogen and oxygen atoms in total. The predicted octanol–water partition coefficient (Wildman–Crippen LogP) is 0.424. The quantitative estimate of drug-likeness (QED) is 0.562. The van der Waals surface area contributed by atoms with Gasteiger partial charge in [0.15, 0.2) is 0 Å². The second-order valence-electron chi connectivity index (χ2n) is 2.98. The van der Waals surface area contributed by atoms with Crippen molar-refractivity contribution in [1.29, 1.82) is 0 Å². The fourth-order valence-corrected chi connectivity index (χ4v) is 1.47. The van der Waals surface area contributed by atoms with Crippen molar-refractivity contribution >= 4 is 0 Å². The van der Waals surface area contributed by atoms with E-state index in [0.717, 1.165) is 12.8 Å². The Labute approximate surface area is 61.0 Å². The van der Waals surface area contributed by atoms with E-state index in [-0.39, 0.29) is 12.1 Å². The molecule has 3 atom stereocenters. The third-order valence-electron chi connectivity index (χ3n) is 2.18. The number of rotatable bonds is 1. The SMILES string of the molecule is CNC1CCC(N)CC1F. The van der Waals surface area contributed by atoms with Crippen molar-refractivity contribution in [1.82, 2.24) is 5.32 Å². The lowest BCUT2D eigenvalue weighted by atomic mass is 9.90. The molecule has 0 aliphatic heterocycles. The Bertz CT molecular complexity index is 108. The van der Waals surface area contributed by atoms with E-state index >= 15 is 0 Å². The van der Waals surface area contributed by atoms with Crippen LogP contribution in [0.4, 0.5) is 4.39 Å². The van der Waals surface area contributed by atoms with Gasteiger partial charge in [-0.15, -0.1) is 0 Å². The van der Waals surface area contributed by atoms with E-state index < -0.39 is 6.17 Å². The average molecular weight is 146 g/mol. The summed E-state index contributed by atoms with van der Waals surface area (Å²) in [5.41, 5.74) is 5.57. The number of alkyl halides is 1. The Morgan fingerprint density at radius 3 is 2.70 bits per heavy atom. The van der Waals surface area contributed by atoms with Gasteiger partial charge in [0, 0.05) is 12.1 Å². The van der Waals surface area contributed by atoms with E-state index in [2.05, 4.69) is 5.32 Å². The van der Waals surface area contributed by atoms with Gasteiger partial charge in [-0.2, -0.15) is 0 Å². The van der Waals surface area contributed by atoms with Crippen LogP contribution in [0, 0.1) is 0 Å². The number of hydrogen-bond acceptors (Lipinski definition) is 2. The molecule has 3 unspecified atom stereocenters. The van der Waals surface area contributed by atoms with Crippen LogP contribution in [-0.2, 0) is 0 Å². The molecule has 10 heavy (non-hydrogen) atoms. The Balaban J connectivity index is 2.36. The lowest BCUT2D eigenvalue weighted by Crippen LogP contribution is -2.44. The second kappa shape index (κ2) is 3.30. The first-order valence-electron chi connectivity index (χ1n) is 3.81.